The summed E-state index contributed by atoms with van der Waals surface area (Å²) in [5.41, 5.74) is 2.32. The molecule has 0 saturated heterocycles. The van der Waals surface area contributed by atoms with E-state index in [4.69, 9.17) is 4.74 Å². The van der Waals surface area contributed by atoms with Crippen molar-refractivity contribution in [2.24, 2.45) is 0 Å². The predicted molar refractivity (Wildman–Crippen MR) is 105 cm³/mol. The number of pyridine rings is 2. The second-order valence-electron chi connectivity index (χ2n) is 6.26. The second-order valence-corrected chi connectivity index (χ2v) is 6.26. The fourth-order valence-electron chi connectivity index (χ4n) is 2.49. The molecule has 2 N–H and O–H groups in total. The van der Waals surface area contributed by atoms with E-state index in [1.54, 1.807) is 30.7 Å². The number of hydrogen-bond donors (Lipinski definition) is 2. The smallest absolute Gasteiger partial charge is 0.251 e. The monoisotopic (exact) mass is 362 g/mol. The minimum Gasteiger partial charge on any atom is -0.489 e. The Balaban J connectivity index is 1.69. The molecule has 1 amide bonds. The van der Waals surface area contributed by atoms with Crippen LogP contribution in [0, 0.1) is 0 Å². The van der Waals surface area contributed by atoms with Gasteiger partial charge in [-0.3, -0.25) is 9.78 Å². The van der Waals surface area contributed by atoms with Gasteiger partial charge in [-0.15, -0.1) is 0 Å². The van der Waals surface area contributed by atoms with Crippen molar-refractivity contribution in [2.45, 2.75) is 26.5 Å². The Bertz CT molecular complexity index is 897. The molecule has 1 aromatic carbocycles. The minimum absolute atomic E-state index is 0.0613. The van der Waals surface area contributed by atoms with Crippen LogP contribution in [0.2, 0.25) is 0 Å². The van der Waals surface area contributed by atoms with E-state index < -0.39 is 0 Å². The molecule has 2 aromatic heterocycles. The van der Waals surface area contributed by atoms with Gasteiger partial charge in [0.05, 0.1) is 11.8 Å². The Morgan fingerprint density at radius 3 is 2.63 bits per heavy atom. The lowest BCUT2D eigenvalue weighted by Crippen LogP contribution is -2.22. The van der Waals surface area contributed by atoms with Crippen LogP contribution in [0.3, 0.4) is 0 Å². The molecular weight excluding hydrogens is 340 g/mol. The van der Waals surface area contributed by atoms with Crippen molar-refractivity contribution in [3.05, 3.63) is 78.2 Å². The Morgan fingerprint density at radius 2 is 1.85 bits per heavy atom. The van der Waals surface area contributed by atoms with Crippen LogP contribution in [0.5, 0.6) is 5.75 Å². The molecule has 0 unspecified atom stereocenters. The van der Waals surface area contributed by atoms with Crippen LogP contribution in [0.15, 0.2) is 67.1 Å². The van der Waals surface area contributed by atoms with Crippen molar-refractivity contribution in [1.29, 1.82) is 0 Å². The molecule has 0 atom stereocenters. The van der Waals surface area contributed by atoms with E-state index in [1.165, 1.54) is 0 Å². The molecule has 2 heterocycles. The molecule has 0 fully saturated rings. The molecule has 6 heteroatoms. The third-order valence-corrected chi connectivity index (χ3v) is 3.74. The average Bonchev–Trinajstić information content (AvgIpc) is 2.68. The average molecular weight is 362 g/mol. The summed E-state index contributed by atoms with van der Waals surface area (Å²) in [5.74, 6) is 1.15. The zero-order chi connectivity index (χ0) is 19.1. The van der Waals surface area contributed by atoms with Gasteiger partial charge in [0.25, 0.3) is 5.91 Å². The first kappa shape index (κ1) is 18.4. The summed E-state index contributed by atoms with van der Waals surface area (Å²) in [6, 6.07) is 14.8. The minimum atomic E-state index is -0.163. The predicted octanol–water partition coefficient (Wildman–Crippen LogP) is 3.94. The Morgan fingerprint density at radius 1 is 1.07 bits per heavy atom. The Kier molecular flexibility index (Phi) is 5.99. The summed E-state index contributed by atoms with van der Waals surface area (Å²) in [6.45, 7) is 4.39. The number of para-hydroxylation sites is 2. The van der Waals surface area contributed by atoms with Crippen LogP contribution in [-0.2, 0) is 6.54 Å². The Hall–Kier alpha value is -3.41. The largest absolute Gasteiger partial charge is 0.489 e. The lowest BCUT2D eigenvalue weighted by atomic mass is 10.2. The van der Waals surface area contributed by atoms with Gasteiger partial charge >= 0.3 is 0 Å². The van der Waals surface area contributed by atoms with Gasteiger partial charge in [0.1, 0.15) is 11.6 Å². The number of aromatic nitrogens is 2. The quantitative estimate of drug-likeness (QED) is 0.666. The molecule has 0 aliphatic carbocycles. The molecule has 0 bridgehead atoms. The van der Waals surface area contributed by atoms with Crippen molar-refractivity contribution in [2.75, 3.05) is 5.32 Å². The summed E-state index contributed by atoms with van der Waals surface area (Å²) in [4.78, 5) is 20.7. The third-order valence-electron chi connectivity index (χ3n) is 3.74. The van der Waals surface area contributed by atoms with Crippen molar-refractivity contribution >= 4 is 17.4 Å². The van der Waals surface area contributed by atoms with Crippen LogP contribution in [0.4, 0.5) is 11.5 Å². The number of nitrogens with one attached hydrogen (secondary N) is 2. The second kappa shape index (κ2) is 8.80. The molecule has 0 aliphatic heterocycles. The first-order valence-corrected chi connectivity index (χ1v) is 8.77. The van der Waals surface area contributed by atoms with Crippen LogP contribution in [-0.4, -0.2) is 22.0 Å². The highest BCUT2D eigenvalue weighted by Gasteiger charge is 2.09. The molecule has 138 valence electrons. The van der Waals surface area contributed by atoms with Crippen LogP contribution in [0.25, 0.3) is 0 Å². The van der Waals surface area contributed by atoms with E-state index in [2.05, 4.69) is 20.6 Å². The lowest BCUT2D eigenvalue weighted by molar-refractivity contribution is 0.0951. The summed E-state index contributed by atoms with van der Waals surface area (Å²) >= 11 is 0. The van der Waals surface area contributed by atoms with Gasteiger partial charge in [0.15, 0.2) is 0 Å². The summed E-state index contributed by atoms with van der Waals surface area (Å²) in [7, 11) is 0. The molecular formula is C21H22N4O2. The topological polar surface area (TPSA) is 76.1 Å². The van der Waals surface area contributed by atoms with E-state index in [-0.39, 0.29) is 12.0 Å². The Labute approximate surface area is 158 Å². The van der Waals surface area contributed by atoms with Gasteiger partial charge in [0.2, 0.25) is 0 Å². The third kappa shape index (κ3) is 5.28. The number of anilines is 2. The number of carbonyl (C=O) groups excluding carboxylic acids is 1. The maximum absolute atomic E-state index is 12.4. The highest BCUT2D eigenvalue weighted by molar-refractivity contribution is 5.94. The molecule has 3 rings (SSSR count). The molecule has 6 nitrogen and oxygen atoms in total. The van der Waals surface area contributed by atoms with Crippen molar-refractivity contribution in [3.63, 3.8) is 0 Å². The van der Waals surface area contributed by atoms with Crippen LogP contribution in [0.1, 0.15) is 29.8 Å². The highest BCUT2D eigenvalue weighted by Crippen LogP contribution is 2.27. The van der Waals surface area contributed by atoms with Gasteiger partial charge in [-0.2, -0.15) is 0 Å². The highest BCUT2D eigenvalue weighted by atomic mass is 16.5. The number of nitrogens with zero attached hydrogens (tertiary/aromatic N) is 2. The number of ether oxygens (including phenoxy) is 1. The van der Waals surface area contributed by atoms with Crippen LogP contribution < -0.4 is 15.4 Å². The van der Waals surface area contributed by atoms with Gasteiger partial charge < -0.3 is 15.4 Å². The van der Waals surface area contributed by atoms with E-state index in [1.807, 2.05) is 50.2 Å². The van der Waals surface area contributed by atoms with E-state index >= 15 is 0 Å². The van der Waals surface area contributed by atoms with Crippen molar-refractivity contribution in [3.8, 4) is 5.75 Å². The fraction of sp³-hybridized carbons (Fsp3) is 0.190. The van der Waals surface area contributed by atoms with Gasteiger partial charge in [0, 0.05) is 30.7 Å². The zero-order valence-corrected chi connectivity index (χ0v) is 15.3. The van der Waals surface area contributed by atoms with Gasteiger partial charge in [-0.05, 0) is 55.8 Å². The number of carbonyl (C=O) groups is 1. The summed E-state index contributed by atoms with van der Waals surface area (Å²) in [6.07, 6.45) is 5.07. The number of benzene rings is 1. The SMILES string of the molecule is CC(C)Oc1ccccc1Nc1cc(C(=O)NCc2ccncc2)ccn1. The number of hydrogen-bond acceptors (Lipinski definition) is 5. The van der Waals surface area contributed by atoms with Gasteiger partial charge in [-0.25, -0.2) is 4.98 Å². The maximum Gasteiger partial charge on any atom is 0.251 e. The molecule has 27 heavy (non-hydrogen) atoms. The summed E-state index contributed by atoms with van der Waals surface area (Å²) in [5, 5.41) is 6.12. The molecule has 0 spiro atoms. The number of amides is 1. The van der Waals surface area contributed by atoms with E-state index in [9.17, 15) is 4.79 Å². The molecule has 0 saturated carbocycles. The maximum atomic E-state index is 12.4. The van der Waals surface area contributed by atoms with Crippen LogP contribution >= 0.6 is 0 Å². The van der Waals surface area contributed by atoms with Crippen molar-refractivity contribution in [1.82, 2.24) is 15.3 Å². The fourth-order valence-corrected chi connectivity index (χ4v) is 2.49. The molecule has 0 radical (unpaired) electrons. The van der Waals surface area contributed by atoms with E-state index in [0.29, 0.717) is 17.9 Å². The summed E-state index contributed by atoms with van der Waals surface area (Å²) < 4.78 is 5.81. The normalized spacial score (nSPS) is 10.5. The molecule has 0 aliphatic rings. The number of rotatable bonds is 7. The first-order valence-electron chi connectivity index (χ1n) is 8.77. The first-order chi connectivity index (χ1) is 13.1. The van der Waals surface area contributed by atoms with Gasteiger partial charge in [-0.1, -0.05) is 12.1 Å². The standard InChI is InChI=1S/C21H22N4O2/c1-15(2)27-19-6-4-3-5-18(19)25-20-13-17(9-12-23-20)21(26)24-14-16-7-10-22-11-8-16/h3-13,15H,14H2,1-2H3,(H,23,25)(H,24,26). The van der Waals surface area contributed by atoms with E-state index in [0.717, 1.165) is 17.0 Å². The van der Waals surface area contributed by atoms with Crippen molar-refractivity contribution < 1.29 is 9.53 Å². The molecule has 3 aromatic rings. The lowest BCUT2D eigenvalue weighted by Gasteiger charge is -2.15. The zero-order valence-electron chi connectivity index (χ0n) is 15.3.